The molecule has 1 aliphatic heterocycles. The predicted octanol–water partition coefficient (Wildman–Crippen LogP) is 3.40. The van der Waals surface area contributed by atoms with Gasteiger partial charge in [-0.25, -0.2) is 9.97 Å². The van der Waals surface area contributed by atoms with Gasteiger partial charge in [-0.15, -0.1) is 0 Å². The van der Waals surface area contributed by atoms with Gasteiger partial charge in [-0.05, 0) is 24.5 Å². The molecule has 0 N–H and O–H groups in total. The van der Waals surface area contributed by atoms with Crippen LogP contribution in [0.2, 0.25) is 0 Å². The van der Waals surface area contributed by atoms with Gasteiger partial charge in [0.1, 0.15) is 11.5 Å². The average molecular weight is 308 g/mol. The van der Waals surface area contributed by atoms with E-state index in [0.717, 1.165) is 12.5 Å². The highest BCUT2D eigenvalue weighted by atomic mass is 19.4. The largest absolute Gasteiger partial charge is 0.433 e. The lowest BCUT2D eigenvalue weighted by Crippen LogP contribution is -2.22. The second-order valence-corrected chi connectivity index (χ2v) is 5.49. The molecule has 1 fully saturated rings. The summed E-state index contributed by atoms with van der Waals surface area (Å²) >= 11 is 0. The fourth-order valence-electron chi connectivity index (χ4n) is 2.49. The molecule has 7 heteroatoms. The fraction of sp³-hybridized carbons (Fsp3) is 0.400. The van der Waals surface area contributed by atoms with Gasteiger partial charge in [-0.1, -0.05) is 13.0 Å². The summed E-state index contributed by atoms with van der Waals surface area (Å²) in [7, 11) is 0. The van der Waals surface area contributed by atoms with Crippen molar-refractivity contribution in [3.63, 3.8) is 0 Å². The number of alkyl halides is 3. The first kappa shape index (κ1) is 14.7. The first-order chi connectivity index (χ1) is 10.4. The quantitative estimate of drug-likeness (QED) is 0.852. The van der Waals surface area contributed by atoms with Gasteiger partial charge in [0, 0.05) is 25.4 Å². The Labute approximate surface area is 126 Å². The van der Waals surface area contributed by atoms with Crippen LogP contribution < -0.4 is 4.90 Å². The van der Waals surface area contributed by atoms with E-state index >= 15 is 0 Å². The van der Waals surface area contributed by atoms with E-state index in [1.807, 2.05) is 4.90 Å². The molecule has 0 aromatic carbocycles. The Morgan fingerprint density at radius 2 is 2.05 bits per heavy atom. The minimum Gasteiger partial charge on any atom is -0.356 e. The number of anilines is 1. The number of hydrogen-bond acceptors (Lipinski definition) is 4. The number of nitrogens with zero attached hydrogens (tertiary/aromatic N) is 4. The van der Waals surface area contributed by atoms with Crippen molar-refractivity contribution in [2.75, 3.05) is 18.0 Å². The van der Waals surface area contributed by atoms with Gasteiger partial charge in [-0.2, -0.15) is 13.2 Å². The molecule has 3 heterocycles. The first-order valence-corrected chi connectivity index (χ1v) is 7.06. The van der Waals surface area contributed by atoms with E-state index in [4.69, 9.17) is 0 Å². The van der Waals surface area contributed by atoms with E-state index in [-0.39, 0.29) is 5.82 Å². The number of pyridine rings is 1. The summed E-state index contributed by atoms with van der Waals surface area (Å²) in [5.41, 5.74) is -0.597. The molecular formula is C15H15F3N4. The van der Waals surface area contributed by atoms with E-state index < -0.39 is 11.9 Å². The Morgan fingerprint density at radius 1 is 1.23 bits per heavy atom. The third-order valence-corrected chi connectivity index (χ3v) is 3.64. The van der Waals surface area contributed by atoms with Crippen molar-refractivity contribution in [1.82, 2.24) is 15.0 Å². The summed E-state index contributed by atoms with van der Waals surface area (Å²) in [6.45, 7) is 3.48. The summed E-state index contributed by atoms with van der Waals surface area (Å²) in [6, 6.07) is 6.01. The van der Waals surface area contributed by atoms with E-state index in [0.29, 0.717) is 30.5 Å². The molecule has 0 spiro atoms. The van der Waals surface area contributed by atoms with Crippen LogP contribution in [0, 0.1) is 5.92 Å². The van der Waals surface area contributed by atoms with E-state index in [1.165, 1.54) is 6.20 Å². The highest BCUT2D eigenvalue weighted by Gasteiger charge is 2.35. The van der Waals surface area contributed by atoms with Crippen LogP contribution in [0.15, 0.2) is 30.5 Å². The molecule has 0 aliphatic carbocycles. The van der Waals surface area contributed by atoms with Crippen LogP contribution in [0.5, 0.6) is 0 Å². The van der Waals surface area contributed by atoms with Crippen molar-refractivity contribution in [2.24, 2.45) is 5.92 Å². The van der Waals surface area contributed by atoms with Gasteiger partial charge in [0.25, 0.3) is 0 Å². The molecule has 0 bridgehead atoms. The van der Waals surface area contributed by atoms with Gasteiger partial charge < -0.3 is 4.90 Å². The van der Waals surface area contributed by atoms with Crippen LogP contribution in [0.3, 0.4) is 0 Å². The maximum Gasteiger partial charge on any atom is 0.433 e. The zero-order valence-electron chi connectivity index (χ0n) is 12.0. The van der Waals surface area contributed by atoms with Crippen molar-refractivity contribution in [1.29, 1.82) is 0 Å². The van der Waals surface area contributed by atoms with Crippen molar-refractivity contribution in [3.05, 3.63) is 36.2 Å². The molecule has 2 aromatic heterocycles. The molecule has 0 radical (unpaired) electrons. The van der Waals surface area contributed by atoms with Crippen molar-refractivity contribution in [3.8, 4) is 11.5 Å². The van der Waals surface area contributed by atoms with Crippen LogP contribution in [0.25, 0.3) is 11.5 Å². The average Bonchev–Trinajstić information content (AvgIpc) is 2.93. The summed E-state index contributed by atoms with van der Waals surface area (Å²) in [5, 5.41) is 0. The molecule has 2 aromatic rings. The van der Waals surface area contributed by atoms with Crippen LogP contribution in [0.1, 0.15) is 19.0 Å². The molecule has 22 heavy (non-hydrogen) atoms. The molecule has 1 aliphatic rings. The summed E-state index contributed by atoms with van der Waals surface area (Å²) in [4.78, 5) is 13.8. The normalized spacial score (nSPS) is 18.7. The molecule has 0 amide bonds. The maximum absolute atomic E-state index is 13.1. The Kier molecular flexibility index (Phi) is 3.72. The molecule has 1 saturated heterocycles. The van der Waals surface area contributed by atoms with Crippen molar-refractivity contribution in [2.45, 2.75) is 19.5 Å². The minimum absolute atomic E-state index is 0.00461. The van der Waals surface area contributed by atoms with Gasteiger partial charge in [0.2, 0.25) is 0 Å². The van der Waals surface area contributed by atoms with Crippen molar-refractivity contribution < 1.29 is 13.2 Å². The standard InChI is InChI=1S/C15H15F3N4/c1-10-5-7-22(9-10)13-8-12(15(16,17)18)20-14(21-13)11-4-2-3-6-19-11/h2-4,6,8,10H,5,7,9H2,1H3. The molecule has 3 rings (SSSR count). The van der Waals surface area contributed by atoms with Crippen LogP contribution in [-0.4, -0.2) is 28.0 Å². The second-order valence-electron chi connectivity index (χ2n) is 5.49. The Morgan fingerprint density at radius 3 is 2.64 bits per heavy atom. The van der Waals surface area contributed by atoms with E-state index in [2.05, 4.69) is 21.9 Å². The maximum atomic E-state index is 13.1. The van der Waals surface area contributed by atoms with Gasteiger partial charge in [-0.3, -0.25) is 4.98 Å². The number of rotatable bonds is 2. The topological polar surface area (TPSA) is 41.9 Å². The third kappa shape index (κ3) is 3.03. The Balaban J connectivity index is 2.06. The Bertz CT molecular complexity index is 658. The molecule has 0 saturated carbocycles. The summed E-state index contributed by atoms with van der Waals surface area (Å²) < 4.78 is 39.3. The highest BCUT2D eigenvalue weighted by molar-refractivity contribution is 5.54. The number of halogens is 3. The Hall–Kier alpha value is -2.18. The lowest BCUT2D eigenvalue weighted by Gasteiger charge is -2.19. The van der Waals surface area contributed by atoms with Crippen molar-refractivity contribution >= 4 is 5.82 Å². The monoisotopic (exact) mass is 308 g/mol. The van der Waals surface area contributed by atoms with Gasteiger partial charge in [0.05, 0.1) is 0 Å². The number of aromatic nitrogens is 3. The van der Waals surface area contributed by atoms with E-state index in [1.54, 1.807) is 18.2 Å². The first-order valence-electron chi connectivity index (χ1n) is 7.06. The summed E-state index contributed by atoms with van der Waals surface area (Å²) in [5.74, 6) is 0.764. The minimum atomic E-state index is -4.51. The van der Waals surface area contributed by atoms with Crippen LogP contribution in [0.4, 0.5) is 19.0 Å². The van der Waals surface area contributed by atoms with Crippen LogP contribution >= 0.6 is 0 Å². The lowest BCUT2D eigenvalue weighted by molar-refractivity contribution is -0.141. The summed E-state index contributed by atoms with van der Waals surface area (Å²) in [6.07, 6.45) is -2.05. The highest BCUT2D eigenvalue weighted by Crippen LogP contribution is 2.32. The van der Waals surface area contributed by atoms with E-state index in [9.17, 15) is 13.2 Å². The molecular weight excluding hydrogens is 293 g/mol. The molecule has 1 unspecified atom stereocenters. The lowest BCUT2D eigenvalue weighted by atomic mass is 10.2. The number of hydrogen-bond donors (Lipinski definition) is 0. The fourth-order valence-corrected chi connectivity index (χ4v) is 2.49. The second kappa shape index (κ2) is 5.55. The van der Waals surface area contributed by atoms with Gasteiger partial charge in [0.15, 0.2) is 11.5 Å². The third-order valence-electron chi connectivity index (χ3n) is 3.64. The zero-order chi connectivity index (χ0) is 15.7. The molecule has 4 nitrogen and oxygen atoms in total. The molecule has 1 atom stereocenters. The molecule has 116 valence electrons. The smallest absolute Gasteiger partial charge is 0.356 e. The SMILES string of the molecule is CC1CCN(c2cc(C(F)(F)F)nc(-c3ccccn3)n2)C1. The zero-order valence-corrected chi connectivity index (χ0v) is 12.0. The van der Waals surface area contributed by atoms with Crippen LogP contribution in [-0.2, 0) is 6.18 Å². The predicted molar refractivity (Wildman–Crippen MR) is 76.3 cm³/mol. The van der Waals surface area contributed by atoms with Gasteiger partial charge >= 0.3 is 6.18 Å².